The van der Waals surface area contributed by atoms with E-state index >= 15 is 0 Å². The maximum atomic E-state index is 4.64. The largest absolute Gasteiger partial charge is 0.363 e. The minimum Gasteiger partial charge on any atom is -0.363 e. The van der Waals surface area contributed by atoms with Crippen molar-refractivity contribution in [2.45, 2.75) is 13.5 Å². The molecule has 0 aliphatic heterocycles. The highest BCUT2D eigenvalue weighted by Crippen LogP contribution is 2.19. The number of aromatic nitrogens is 4. The van der Waals surface area contributed by atoms with E-state index in [9.17, 15) is 0 Å². The van der Waals surface area contributed by atoms with Crippen LogP contribution in [0, 0.1) is 6.92 Å². The van der Waals surface area contributed by atoms with Crippen LogP contribution in [0.15, 0.2) is 36.7 Å². The molecule has 0 saturated heterocycles. The van der Waals surface area contributed by atoms with Crippen molar-refractivity contribution in [3.05, 3.63) is 48.0 Å². The van der Waals surface area contributed by atoms with Gasteiger partial charge in [0.2, 0.25) is 0 Å². The highest BCUT2D eigenvalue weighted by molar-refractivity contribution is 5.81. The lowest BCUT2D eigenvalue weighted by molar-refractivity contribution is 0.810. The zero-order valence-electron chi connectivity index (χ0n) is 11.0. The molecule has 0 fully saturated rings. The van der Waals surface area contributed by atoms with Gasteiger partial charge in [-0.25, -0.2) is 4.98 Å². The number of nitrogens with one attached hydrogen (secondary N) is 1. The maximum absolute atomic E-state index is 4.64. The van der Waals surface area contributed by atoms with Gasteiger partial charge in [0.15, 0.2) is 5.82 Å². The number of benzene rings is 1. The first-order valence-corrected chi connectivity index (χ1v) is 6.17. The molecule has 3 rings (SSSR count). The van der Waals surface area contributed by atoms with Gasteiger partial charge in [0.1, 0.15) is 12.1 Å². The smallest absolute Gasteiger partial charge is 0.151 e. The number of hydrogen-bond donors (Lipinski definition) is 1. The Balaban J connectivity index is 1.88. The average molecular weight is 253 g/mol. The van der Waals surface area contributed by atoms with Crippen LogP contribution < -0.4 is 5.32 Å². The fraction of sp³-hybridized carbons (Fsp3) is 0.214. The summed E-state index contributed by atoms with van der Waals surface area (Å²) in [5, 5.41) is 12.4. The van der Waals surface area contributed by atoms with Crippen molar-refractivity contribution >= 4 is 16.7 Å². The Bertz CT molecular complexity index is 717. The van der Waals surface area contributed by atoms with Crippen LogP contribution in [0.3, 0.4) is 0 Å². The molecular weight excluding hydrogens is 238 g/mol. The third-order valence-electron chi connectivity index (χ3n) is 3.13. The Labute approximate surface area is 111 Å². The molecule has 0 unspecified atom stereocenters. The van der Waals surface area contributed by atoms with Crippen LogP contribution >= 0.6 is 0 Å². The Morgan fingerprint density at radius 2 is 2.11 bits per heavy atom. The second-order valence-electron chi connectivity index (χ2n) is 4.56. The van der Waals surface area contributed by atoms with Gasteiger partial charge in [-0.15, -0.1) is 10.2 Å². The molecule has 0 radical (unpaired) electrons. The van der Waals surface area contributed by atoms with E-state index in [4.69, 9.17) is 0 Å². The predicted octanol–water partition coefficient (Wildman–Crippen LogP) is 2.28. The number of anilines is 1. The molecule has 2 aromatic heterocycles. The number of nitrogens with zero attached hydrogens (tertiary/aromatic N) is 4. The van der Waals surface area contributed by atoms with Crippen molar-refractivity contribution in [2.24, 2.45) is 7.05 Å². The molecule has 5 heteroatoms. The zero-order chi connectivity index (χ0) is 13.2. The van der Waals surface area contributed by atoms with Crippen LogP contribution in [0.25, 0.3) is 10.9 Å². The molecule has 0 atom stereocenters. The number of hydrogen-bond acceptors (Lipinski definition) is 4. The van der Waals surface area contributed by atoms with E-state index in [1.54, 1.807) is 6.33 Å². The number of fused-ring (bicyclic) bond motifs is 1. The quantitative estimate of drug-likeness (QED) is 0.778. The average Bonchev–Trinajstić information content (AvgIpc) is 2.82. The summed E-state index contributed by atoms with van der Waals surface area (Å²) >= 11 is 0. The summed E-state index contributed by atoms with van der Waals surface area (Å²) < 4.78 is 1.89. The number of aryl methyl sites for hydroxylation is 2. The third-order valence-corrected chi connectivity index (χ3v) is 3.13. The molecular formula is C14H15N5. The van der Waals surface area contributed by atoms with E-state index in [1.807, 2.05) is 29.8 Å². The fourth-order valence-corrected chi connectivity index (χ4v) is 2.03. The Morgan fingerprint density at radius 1 is 1.26 bits per heavy atom. The van der Waals surface area contributed by atoms with Crippen LogP contribution in [-0.2, 0) is 13.6 Å². The number of para-hydroxylation sites is 1. The summed E-state index contributed by atoms with van der Waals surface area (Å²) in [6, 6.07) is 10.2. The molecule has 1 aromatic carbocycles. The van der Waals surface area contributed by atoms with Crippen LogP contribution in [0.5, 0.6) is 0 Å². The lowest BCUT2D eigenvalue weighted by Gasteiger charge is -2.09. The molecule has 19 heavy (non-hydrogen) atoms. The van der Waals surface area contributed by atoms with Crippen molar-refractivity contribution in [2.75, 3.05) is 5.32 Å². The lowest BCUT2D eigenvalue weighted by Crippen LogP contribution is -2.08. The SMILES string of the molecule is Cc1cc2ccccc2nc1NCc1nncn1C. The van der Waals surface area contributed by atoms with Gasteiger partial charge in [-0.3, -0.25) is 0 Å². The van der Waals surface area contributed by atoms with Crippen molar-refractivity contribution in [1.29, 1.82) is 0 Å². The van der Waals surface area contributed by atoms with Gasteiger partial charge in [0.25, 0.3) is 0 Å². The topological polar surface area (TPSA) is 55.6 Å². The minimum absolute atomic E-state index is 0.614. The molecule has 96 valence electrons. The maximum Gasteiger partial charge on any atom is 0.151 e. The highest BCUT2D eigenvalue weighted by atomic mass is 15.3. The monoisotopic (exact) mass is 253 g/mol. The van der Waals surface area contributed by atoms with E-state index in [1.165, 1.54) is 0 Å². The van der Waals surface area contributed by atoms with Crippen LogP contribution in [-0.4, -0.2) is 19.7 Å². The molecule has 2 heterocycles. The van der Waals surface area contributed by atoms with Gasteiger partial charge in [-0.2, -0.15) is 0 Å². The van der Waals surface area contributed by atoms with Gasteiger partial charge >= 0.3 is 0 Å². The van der Waals surface area contributed by atoms with Gasteiger partial charge in [-0.05, 0) is 24.6 Å². The number of rotatable bonds is 3. The first kappa shape index (κ1) is 11.6. The van der Waals surface area contributed by atoms with Gasteiger partial charge < -0.3 is 9.88 Å². The van der Waals surface area contributed by atoms with E-state index in [0.717, 1.165) is 28.1 Å². The van der Waals surface area contributed by atoms with E-state index in [-0.39, 0.29) is 0 Å². The molecule has 5 nitrogen and oxygen atoms in total. The Kier molecular flexibility index (Phi) is 2.87. The van der Waals surface area contributed by atoms with Crippen molar-refractivity contribution in [1.82, 2.24) is 19.7 Å². The molecule has 1 N–H and O–H groups in total. The summed E-state index contributed by atoms with van der Waals surface area (Å²) in [7, 11) is 1.93. The van der Waals surface area contributed by atoms with Crippen molar-refractivity contribution < 1.29 is 0 Å². The Morgan fingerprint density at radius 3 is 2.89 bits per heavy atom. The third kappa shape index (κ3) is 2.27. The van der Waals surface area contributed by atoms with E-state index in [2.05, 4.69) is 39.6 Å². The van der Waals surface area contributed by atoms with Crippen molar-refractivity contribution in [3.63, 3.8) is 0 Å². The van der Waals surface area contributed by atoms with Crippen LogP contribution in [0.4, 0.5) is 5.82 Å². The standard InChI is InChI=1S/C14H15N5/c1-10-7-11-5-3-4-6-12(11)17-14(10)15-8-13-18-16-9-19(13)2/h3-7,9H,8H2,1-2H3,(H,15,17). The summed E-state index contributed by atoms with van der Waals surface area (Å²) in [6.45, 7) is 2.67. The molecule has 0 amide bonds. The second kappa shape index (κ2) is 4.68. The van der Waals surface area contributed by atoms with Gasteiger partial charge in [0.05, 0.1) is 12.1 Å². The lowest BCUT2D eigenvalue weighted by atomic mass is 10.1. The van der Waals surface area contributed by atoms with E-state index < -0.39 is 0 Å². The summed E-state index contributed by atoms with van der Waals surface area (Å²) in [6.07, 6.45) is 1.69. The summed E-state index contributed by atoms with van der Waals surface area (Å²) in [5.74, 6) is 1.77. The minimum atomic E-state index is 0.614. The van der Waals surface area contributed by atoms with Gasteiger partial charge in [0, 0.05) is 12.4 Å². The molecule has 0 saturated carbocycles. The molecule has 0 aliphatic rings. The fourth-order valence-electron chi connectivity index (χ4n) is 2.03. The zero-order valence-corrected chi connectivity index (χ0v) is 11.0. The van der Waals surface area contributed by atoms with Crippen LogP contribution in [0.2, 0.25) is 0 Å². The number of pyridine rings is 1. The normalized spacial score (nSPS) is 10.8. The molecule has 0 aliphatic carbocycles. The molecule has 0 spiro atoms. The van der Waals surface area contributed by atoms with Crippen molar-refractivity contribution in [3.8, 4) is 0 Å². The first-order chi connectivity index (χ1) is 9.24. The first-order valence-electron chi connectivity index (χ1n) is 6.17. The van der Waals surface area contributed by atoms with Gasteiger partial charge in [-0.1, -0.05) is 18.2 Å². The highest BCUT2D eigenvalue weighted by Gasteiger charge is 2.05. The second-order valence-corrected chi connectivity index (χ2v) is 4.56. The van der Waals surface area contributed by atoms with E-state index in [0.29, 0.717) is 6.54 Å². The summed E-state index contributed by atoms with van der Waals surface area (Å²) in [4.78, 5) is 4.64. The Hall–Kier alpha value is -2.43. The molecule has 3 aromatic rings. The summed E-state index contributed by atoms with van der Waals surface area (Å²) in [5.41, 5.74) is 2.12. The van der Waals surface area contributed by atoms with Crippen LogP contribution in [0.1, 0.15) is 11.4 Å². The predicted molar refractivity (Wildman–Crippen MR) is 74.8 cm³/mol. The molecule has 0 bridgehead atoms.